The Bertz CT molecular complexity index is 447. The first-order valence-electron chi connectivity index (χ1n) is 5.03. The van der Waals surface area contributed by atoms with E-state index in [1.54, 1.807) is 7.11 Å². The minimum absolute atomic E-state index is 0.112. The number of nitrogens with zero attached hydrogens (tertiary/aromatic N) is 1. The van der Waals surface area contributed by atoms with Gasteiger partial charge in [-0.25, -0.2) is 4.58 Å². The van der Waals surface area contributed by atoms with Gasteiger partial charge in [-0.1, -0.05) is 0 Å². The summed E-state index contributed by atoms with van der Waals surface area (Å²) in [6.45, 7) is 4.26. The predicted octanol–water partition coefficient (Wildman–Crippen LogP) is 1.62. The van der Waals surface area contributed by atoms with Gasteiger partial charge in [0.1, 0.15) is 11.4 Å². The number of amidine groups is 1. The second kappa shape index (κ2) is 2.99. The van der Waals surface area contributed by atoms with Crippen molar-refractivity contribution >= 4 is 11.5 Å². The average Bonchev–Trinajstić information content (AvgIpc) is 2.40. The van der Waals surface area contributed by atoms with Gasteiger partial charge >= 0.3 is 0 Å². The lowest BCUT2D eigenvalue weighted by atomic mass is 9.85. The molecule has 0 amide bonds. The van der Waals surface area contributed by atoms with Gasteiger partial charge in [0.25, 0.3) is 5.84 Å². The molecule has 2 N–H and O–H groups in total. The number of ether oxygens (including phenoxy) is 1. The van der Waals surface area contributed by atoms with Crippen LogP contribution < -0.4 is 10.5 Å². The van der Waals surface area contributed by atoms with Crippen molar-refractivity contribution in [2.75, 3.05) is 14.2 Å². The highest BCUT2D eigenvalue weighted by Crippen LogP contribution is 2.39. The molecule has 2 rings (SSSR count). The van der Waals surface area contributed by atoms with Crippen LogP contribution in [0.1, 0.15) is 19.4 Å². The maximum absolute atomic E-state index is 6.10. The van der Waals surface area contributed by atoms with Crippen molar-refractivity contribution in [2.45, 2.75) is 19.3 Å². The van der Waals surface area contributed by atoms with Gasteiger partial charge in [-0.2, -0.15) is 0 Å². The molecule has 0 unspecified atom stereocenters. The third-order valence-corrected chi connectivity index (χ3v) is 3.24. The van der Waals surface area contributed by atoms with Crippen LogP contribution in [0.25, 0.3) is 0 Å². The number of nitrogens with two attached hydrogens (primary N) is 1. The Kier molecular flexibility index (Phi) is 2.00. The molecule has 3 nitrogen and oxygen atoms in total. The Labute approximate surface area is 90.2 Å². The van der Waals surface area contributed by atoms with E-state index in [2.05, 4.69) is 26.0 Å². The van der Waals surface area contributed by atoms with Crippen LogP contribution in [0.4, 0.5) is 5.69 Å². The van der Waals surface area contributed by atoms with Gasteiger partial charge in [0, 0.05) is 5.56 Å². The van der Waals surface area contributed by atoms with Gasteiger partial charge < -0.3 is 4.74 Å². The molecule has 0 saturated carbocycles. The third kappa shape index (κ3) is 1.23. The number of rotatable bonds is 1. The van der Waals surface area contributed by atoms with Crippen molar-refractivity contribution in [3.05, 3.63) is 23.8 Å². The number of methoxy groups -OCH3 is 1. The fourth-order valence-corrected chi connectivity index (χ4v) is 2.12. The fraction of sp³-hybridized carbons (Fsp3) is 0.417. The van der Waals surface area contributed by atoms with Crippen molar-refractivity contribution in [3.63, 3.8) is 0 Å². The summed E-state index contributed by atoms with van der Waals surface area (Å²) in [7, 11) is 3.68. The summed E-state index contributed by atoms with van der Waals surface area (Å²) in [5.41, 5.74) is 8.38. The van der Waals surface area contributed by atoms with Crippen molar-refractivity contribution in [1.29, 1.82) is 0 Å². The molecule has 0 spiro atoms. The topological polar surface area (TPSA) is 38.3 Å². The summed E-state index contributed by atoms with van der Waals surface area (Å²) >= 11 is 0. The van der Waals surface area contributed by atoms with E-state index < -0.39 is 0 Å². The largest absolute Gasteiger partial charge is 0.497 e. The lowest BCUT2D eigenvalue weighted by molar-refractivity contribution is -0.403. The van der Waals surface area contributed by atoms with Crippen molar-refractivity contribution < 1.29 is 9.31 Å². The molecule has 80 valence electrons. The predicted molar refractivity (Wildman–Crippen MR) is 61.1 cm³/mol. The molecule has 15 heavy (non-hydrogen) atoms. The van der Waals surface area contributed by atoms with Crippen molar-refractivity contribution in [1.82, 2.24) is 0 Å². The zero-order valence-corrected chi connectivity index (χ0v) is 9.66. The Morgan fingerprint density at radius 1 is 1.33 bits per heavy atom. The number of benzene rings is 1. The molecule has 0 fully saturated rings. The van der Waals surface area contributed by atoms with Crippen LogP contribution >= 0.6 is 0 Å². The third-order valence-electron chi connectivity index (χ3n) is 3.24. The molecule has 0 radical (unpaired) electrons. The van der Waals surface area contributed by atoms with Crippen LogP contribution in [0.15, 0.2) is 18.2 Å². The van der Waals surface area contributed by atoms with Gasteiger partial charge in [-0.05, 0) is 32.0 Å². The highest BCUT2D eigenvalue weighted by molar-refractivity contribution is 5.92. The Morgan fingerprint density at radius 3 is 2.60 bits per heavy atom. The van der Waals surface area contributed by atoms with Crippen molar-refractivity contribution in [2.24, 2.45) is 5.73 Å². The van der Waals surface area contributed by atoms with Gasteiger partial charge in [-0.15, -0.1) is 0 Å². The lowest BCUT2D eigenvalue weighted by Crippen LogP contribution is -2.35. The summed E-state index contributed by atoms with van der Waals surface area (Å²) in [6, 6.07) is 6.07. The van der Waals surface area contributed by atoms with E-state index >= 15 is 0 Å². The first-order valence-corrected chi connectivity index (χ1v) is 5.03. The van der Waals surface area contributed by atoms with Gasteiger partial charge in [0.05, 0.1) is 19.6 Å². The molecule has 1 aromatic rings. The maximum Gasteiger partial charge on any atom is 0.257 e. The van der Waals surface area contributed by atoms with Gasteiger partial charge in [-0.3, -0.25) is 5.73 Å². The number of fused-ring (bicyclic) bond motifs is 1. The van der Waals surface area contributed by atoms with Crippen LogP contribution in [0.2, 0.25) is 0 Å². The molecule has 0 aliphatic carbocycles. The lowest BCUT2D eigenvalue weighted by Gasteiger charge is -2.15. The molecule has 0 atom stereocenters. The molecule has 1 aromatic carbocycles. The summed E-state index contributed by atoms with van der Waals surface area (Å²) in [6.07, 6.45) is 0. The second-order valence-electron chi connectivity index (χ2n) is 4.45. The highest BCUT2D eigenvalue weighted by Gasteiger charge is 2.41. The average molecular weight is 205 g/mol. The van der Waals surface area contributed by atoms with E-state index in [1.807, 2.05) is 17.7 Å². The molecule has 0 aromatic heterocycles. The van der Waals surface area contributed by atoms with E-state index in [1.165, 1.54) is 11.3 Å². The quantitative estimate of drug-likeness (QED) is 0.707. The molecule has 0 bridgehead atoms. The summed E-state index contributed by atoms with van der Waals surface area (Å²) in [5.74, 6) is 1.76. The Hall–Kier alpha value is -1.51. The molecule has 1 aliphatic rings. The van der Waals surface area contributed by atoms with Crippen LogP contribution in [0.5, 0.6) is 5.75 Å². The summed E-state index contributed by atoms with van der Waals surface area (Å²) in [4.78, 5) is 0. The first-order chi connectivity index (χ1) is 6.98. The highest BCUT2D eigenvalue weighted by atomic mass is 16.5. The van der Waals surface area contributed by atoms with Crippen LogP contribution in [0, 0.1) is 0 Å². The zero-order chi connectivity index (χ0) is 11.2. The van der Waals surface area contributed by atoms with Crippen LogP contribution in [0.3, 0.4) is 0 Å². The number of hydrogen-bond donors (Lipinski definition) is 1. The number of hydrogen-bond acceptors (Lipinski definition) is 2. The minimum Gasteiger partial charge on any atom is -0.497 e. The van der Waals surface area contributed by atoms with E-state index in [-0.39, 0.29) is 5.41 Å². The Balaban J connectivity index is 2.65. The second-order valence-corrected chi connectivity index (χ2v) is 4.45. The van der Waals surface area contributed by atoms with Crippen LogP contribution in [-0.4, -0.2) is 24.6 Å². The fourth-order valence-electron chi connectivity index (χ4n) is 2.12. The van der Waals surface area contributed by atoms with E-state index in [0.29, 0.717) is 0 Å². The maximum atomic E-state index is 6.10. The summed E-state index contributed by atoms with van der Waals surface area (Å²) in [5, 5.41) is 0. The minimum atomic E-state index is -0.112. The molecule has 3 heteroatoms. The normalized spacial score (nSPS) is 17.9. The molecule has 1 heterocycles. The summed E-state index contributed by atoms with van der Waals surface area (Å²) < 4.78 is 7.27. The molecule has 1 aliphatic heterocycles. The van der Waals surface area contributed by atoms with E-state index in [9.17, 15) is 0 Å². The smallest absolute Gasteiger partial charge is 0.257 e. The standard InChI is InChI=1S/C12H16N2O/c1-12(2)9-7-8(15-4)5-6-10(9)14(3)11(12)13/h5-7,13H,1-4H3/p+1. The molecular weight excluding hydrogens is 188 g/mol. The van der Waals surface area contributed by atoms with E-state index in [4.69, 9.17) is 10.5 Å². The van der Waals surface area contributed by atoms with Gasteiger partial charge in [0.15, 0.2) is 0 Å². The SMILES string of the molecule is COc1ccc2c(c1)C(C)(C)C(N)=[N+]2C. The zero-order valence-electron chi connectivity index (χ0n) is 9.66. The van der Waals surface area contributed by atoms with E-state index in [0.717, 1.165) is 11.6 Å². The first kappa shape index (κ1) is 10.0. The van der Waals surface area contributed by atoms with Crippen LogP contribution in [-0.2, 0) is 5.41 Å². The Morgan fingerprint density at radius 2 is 2.00 bits per heavy atom. The van der Waals surface area contributed by atoms with Crippen molar-refractivity contribution in [3.8, 4) is 5.75 Å². The molecule has 0 saturated heterocycles. The van der Waals surface area contributed by atoms with Gasteiger partial charge in [0.2, 0.25) is 0 Å². The monoisotopic (exact) mass is 205 g/mol. The molecular formula is C12H17N2O+.